The molecule has 0 spiro atoms. The van der Waals surface area contributed by atoms with Gasteiger partial charge in [-0.15, -0.1) is 0 Å². The van der Waals surface area contributed by atoms with Gasteiger partial charge in [0.1, 0.15) is 5.82 Å². The monoisotopic (exact) mass is 271 g/mol. The molecule has 1 amide bonds. The number of para-hydroxylation sites is 1. The molecule has 2 aromatic rings. The van der Waals surface area contributed by atoms with E-state index in [4.69, 9.17) is 0 Å². The molecule has 0 unspecified atom stereocenters. The van der Waals surface area contributed by atoms with E-state index in [1.165, 1.54) is 0 Å². The Kier molecular flexibility index (Phi) is 4.56. The summed E-state index contributed by atoms with van der Waals surface area (Å²) in [6.07, 6.45) is 1.87. The van der Waals surface area contributed by atoms with Gasteiger partial charge in [-0.1, -0.05) is 32.0 Å². The zero-order chi connectivity index (χ0) is 14.5. The SMILES string of the molecule is CCC(CC)NC(=O)c1cc(NC)nc2ccccc12. The van der Waals surface area contributed by atoms with Crippen LogP contribution in [0.3, 0.4) is 0 Å². The number of pyridine rings is 1. The molecule has 1 heterocycles. The Morgan fingerprint density at radius 3 is 2.60 bits per heavy atom. The third kappa shape index (κ3) is 2.90. The number of carbonyl (C=O) groups excluding carboxylic acids is 1. The van der Waals surface area contributed by atoms with E-state index >= 15 is 0 Å². The summed E-state index contributed by atoms with van der Waals surface area (Å²) in [5, 5.41) is 6.97. The van der Waals surface area contributed by atoms with Crippen molar-refractivity contribution in [2.75, 3.05) is 12.4 Å². The van der Waals surface area contributed by atoms with E-state index in [0.29, 0.717) is 11.4 Å². The maximum absolute atomic E-state index is 12.5. The number of nitrogens with zero attached hydrogens (tertiary/aromatic N) is 1. The van der Waals surface area contributed by atoms with Crippen LogP contribution in [-0.4, -0.2) is 24.0 Å². The third-order valence-electron chi connectivity index (χ3n) is 3.54. The van der Waals surface area contributed by atoms with Crippen LogP contribution < -0.4 is 10.6 Å². The molecular weight excluding hydrogens is 250 g/mol. The number of aromatic nitrogens is 1. The number of rotatable bonds is 5. The quantitative estimate of drug-likeness (QED) is 0.878. The second-order valence-corrected chi connectivity index (χ2v) is 4.81. The summed E-state index contributed by atoms with van der Waals surface area (Å²) >= 11 is 0. The molecule has 1 aromatic heterocycles. The lowest BCUT2D eigenvalue weighted by Gasteiger charge is -2.16. The molecule has 0 radical (unpaired) electrons. The van der Waals surface area contributed by atoms with Crippen LogP contribution in [0.5, 0.6) is 0 Å². The van der Waals surface area contributed by atoms with Crippen LogP contribution in [0, 0.1) is 0 Å². The number of nitrogens with one attached hydrogen (secondary N) is 2. The Labute approximate surface area is 119 Å². The number of anilines is 1. The topological polar surface area (TPSA) is 54.0 Å². The van der Waals surface area contributed by atoms with Gasteiger partial charge in [-0.2, -0.15) is 0 Å². The highest BCUT2D eigenvalue weighted by Crippen LogP contribution is 2.20. The third-order valence-corrected chi connectivity index (χ3v) is 3.54. The highest BCUT2D eigenvalue weighted by atomic mass is 16.1. The number of fused-ring (bicyclic) bond motifs is 1. The lowest BCUT2D eigenvalue weighted by atomic mass is 10.1. The van der Waals surface area contributed by atoms with Gasteiger partial charge in [0.05, 0.1) is 11.1 Å². The summed E-state index contributed by atoms with van der Waals surface area (Å²) in [5.74, 6) is 0.673. The van der Waals surface area contributed by atoms with Gasteiger partial charge in [0, 0.05) is 18.5 Å². The lowest BCUT2D eigenvalue weighted by Crippen LogP contribution is -2.34. The standard InChI is InChI=1S/C16H21N3O/c1-4-11(5-2)18-16(20)13-10-15(17-3)19-14-9-7-6-8-12(13)14/h6-11H,4-5H2,1-3H3,(H,17,19)(H,18,20). The van der Waals surface area contributed by atoms with E-state index in [-0.39, 0.29) is 11.9 Å². The molecule has 0 aliphatic carbocycles. The van der Waals surface area contributed by atoms with Crippen molar-refractivity contribution in [2.24, 2.45) is 0 Å². The fraction of sp³-hybridized carbons (Fsp3) is 0.375. The Morgan fingerprint density at radius 1 is 1.25 bits per heavy atom. The molecule has 0 saturated heterocycles. The largest absolute Gasteiger partial charge is 0.373 e. The maximum atomic E-state index is 12.5. The summed E-state index contributed by atoms with van der Waals surface area (Å²) in [6.45, 7) is 4.16. The Balaban J connectivity index is 2.44. The van der Waals surface area contributed by atoms with Crippen LogP contribution in [0.15, 0.2) is 30.3 Å². The molecular formula is C16H21N3O. The second-order valence-electron chi connectivity index (χ2n) is 4.81. The second kappa shape index (κ2) is 6.37. The van der Waals surface area contributed by atoms with Crippen molar-refractivity contribution < 1.29 is 4.79 Å². The van der Waals surface area contributed by atoms with Crippen LogP contribution in [0.25, 0.3) is 10.9 Å². The molecule has 106 valence electrons. The van der Waals surface area contributed by atoms with Gasteiger partial charge < -0.3 is 10.6 Å². The number of benzene rings is 1. The lowest BCUT2D eigenvalue weighted by molar-refractivity contribution is 0.0936. The molecule has 2 N–H and O–H groups in total. The van der Waals surface area contributed by atoms with E-state index < -0.39 is 0 Å². The number of hydrogen-bond acceptors (Lipinski definition) is 3. The first-order valence-electron chi connectivity index (χ1n) is 7.08. The molecule has 20 heavy (non-hydrogen) atoms. The number of carbonyl (C=O) groups is 1. The Bertz CT molecular complexity index is 606. The number of hydrogen-bond donors (Lipinski definition) is 2. The minimum absolute atomic E-state index is 0.0335. The summed E-state index contributed by atoms with van der Waals surface area (Å²) < 4.78 is 0. The first kappa shape index (κ1) is 14.3. The molecule has 0 fully saturated rings. The summed E-state index contributed by atoms with van der Waals surface area (Å²) in [5.41, 5.74) is 1.50. The van der Waals surface area contributed by atoms with Crippen molar-refractivity contribution in [3.8, 4) is 0 Å². The van der Waals surface area contributed by atoms with Gasteiger partial charge >= 0.3 is 0 Å². The van der Waals surface area contributed by atoms with Crippen LogP contribution >= 0.6 is 0 Å². The first-order chi connectivity index (χ1) is 9.69. The van der Waals surface area contributed by atoms with E-state index in [1.54, 1.807) is 13.1 Å². The van der Waals surface area contributed by atoms with Gasteiger partial charge in [-0.3, -0.25) is 4.79 Å². The molecule has 0 atom stereocenters. The zero-order valence-electron chi connectivity index (χ0n) is 12.2. The van der Waals surface area contributed by atoms with Crippen LogP contribution in [-0.2, 0) is 0 Å². The van der Waals surface area contributed by atoms with Crippen molar-refractivity contribution in [1.29, 1.82) is 0 Å². The molecule has 4 nitrogen and oxygen atoms in total. The predicted molar refractivity (Wildman–Crippen MR) is 83.1 cm³/mol. The van der Waals surface area contributed by atoms with E-state index in [0.717, 1.165) is 23.7 Å². The average molecular weight is 271 g/mol. The van der Waals surface area contributed by atoms with Gasteiger partial charge in [-0.25, -0.2) is 4.98 Å². The van der Waals surface area contributed by atoms with E-state index in [2.05, 4.69) is 29.5 Å². The Hall–Kier alpha value is -2.10. The minimum Gasteiger partial charge on any atom is -0.373 e. The smallest absolute Gasteiger partial charge is 0.252 e. The maximum Gasteiger partial charge on any atom is 0.252 e. The predicted octanol–water partition coefficient (Wildman–Crippen LogP) is 3.19. The first-order valence-corrected chi connectivity index (χ1v) is 7.08. The summed E-state index contributed by atoms with van der Waals surface area (Å²) in [4.78, 5) is 17.0. The fourth-order valence-corrected chi connectivity index (χ4v) is 2.25. The van der Waals surface area contributed by atoms with Crippen molar-refractivity contribution in [2.45, 2.75) is 32.7 Å². The highest BCUT2D eigenvalue weighted by molar-refractivity contribution is 6.07. The molecule has 4 heteroatoms. The zero-order valence-corrected chi connectivity index (χ0v) is 12.2. The number of amides is 1. The molecule has 0 aliphatic rings. The normalized spacial score (nSPS) is 10.8. The van der Waals surface area contributed by atoms with Crippen LogP contribution in [0.2, 0.25) is 0 Å². The van der Waals surface area contributed by atoms with Gasteiger partial charge in [0.15, 0.2) is 0 Å². The minimum atomic E-state index is -0.0335. The molecule has 2 rings (SSSR count). The van der Waals surface area contributed by atoms with E-state index in [9.17, 15) is 4.79 Å². The van der Waals surface area contributed by atoms with Gasteiger partial charge in [0.2, 0.25) is 0 Å². The van der Waals surface area contributed by atoms with Crippen LogP contribution in [0.4, 0.5) is 5.82 Å². The molecule has 0 aliphatic heterocycles. The summed E-state index contributed by atoms with van der Waals surface area (Å²) in [6, 6.07) is 9.73. The van der Waals surface area contributed by atoms with Gasteiger partial charge in [0.25, 0.3) is 5.91 Å². The van der Waals surface area contributed by atoms with Crippen molar-refractivity contribution in [3.05, 3.63) is 35.9 Å². The van der Waals surface area contributed by atoms with E-state index in [1.807, 2.05) is 24.3 Å². The molecule has 1 aromatic carbocycles. The van der Waals surface area contributed by atoms with Crippen molar-refractivity contribution in [3.63, 3.8) is 0 Å². The van der Waals surface area contributed by atoms with Crippen LogP contribution in [0.1, 0.15) is 37.0 Å². The molecule has 0 saturated carbocycles. The average Bonchev–Trinajstić information content (AvgIpc) is 2.51. The highest BCUT2D eigenvalue weighted by Gasteiger charge is 2.15. The van der Waals surface area contributed by atoms with Gasteiger partial charge in [-0.05, 0) is 25.0 Å². The Morgan fingerprint density at radius 2 is 1.95 bits per heavy atom. The summed E-state index contributed by atoms with van der Waals surface area (Å²) in [7, 11) is 1.81. The van der Waals surface area contributed by atoms with Crippen molar-refractivity contribution in [1.82, 2.24) is 10.3 Å². The van der Waals surface area contributed by atoms with Crippen molar-refractivity contribution >= 4 is 22.6 Å². The fourth-order valence-electron chi connectivity index (χ4n) is 2.25. The molecule has 0 bridgehead atoms.